The molecule has 0 aromatic heterocycles. The van der Waals surface area contributed by atoms with E-state index in [1.165, 1.54) is 18.2 Å². The van der Waals surface area contributed by atoms with Crippen molar-refractivity contribution < 1.29 is 9.18 Å². The van der Waals surface area contributed by atoms with Crippen LogP contribution in [0.3, 0.4) is 0 Å². The number of nitrogens with zero attached hydrogens (tertiary/aromatic N) is 1. The Kier molecular flexibility index (Phi) is 4.42. The SMILES string of the molecule is CC(N)C1CCN(C(=O)c2ccc(F)cc2Cl)CC1. The fourth-order valence-electron chi connectivity index (χ4n) is 2.46. The average Bonchev–Trinajstić information content (AvgIpc) is 2.38. The molecule has 0 saturated carbocycles. The van der Waals surface area contributed by atoms with Crippen LogP contribution in [0.1, 0.15) is 30.1 Å². The third-order valence-electron chi connectivity index (χ3n) is 3.73. The summed E-state index contributed by atoms with van der Waals surface area (Å²) in [5.74, 6) is -0.0990. The van der Waals surface area contributed by atoms with Gasteiger partial charge in [-0.05, 0) is 43.9 Å². The maximum Gasteiger partial charge on any atom is 0.255 e. The Labute approximate surface area is 117 Å². The molecule has 3 nitrogen and oxygen atoms in total. The van der Waals surface area contributed by atoms with E-state index in [-0.39, 0.29) is 17.0 Å². The van der Waals surface area contributed by atoms with Gasteiger partial charge in [0, 0.05) is 19.1 Å². The zero-order chi connectivity index (χ0) is 14.0. The maximum atomic E-state index is 13.0. The Bertz CT molecular complexity index is 471. The van der Waals surface area contributed by atoms with E-state index in [4.69, 9.17) is 17.3 Å². The van der Waals surface area contributed by atoms with Crippen molar-refractivity contribution >= 4 is 17.5 Å². The van der Waals surface area contributed by atoms with Crippen LogP contribution in [0.4, 0.5) is 4.39 Å². The molecule has 19 heavy (non-hydrogen) atoms. The lowest BCUT2D eigenvalue weighted by Gasteiger charge is -2.33. The Balaban J connectivity index is 2.05. The summed E-state index contributed by atoms with van der Waals surface area (Å²) in [6.07, 6.45) is 1.81. The molecule has 0 spiro atoms. The minimum absolute atomic E-state index is 0.131. The van der Waals surface area contributed by atoms with Crippen molar-refractivity contribution in [3.05, 3.63) is 34.6 Å². The Hall–Kier alpha value is -1.13. The predicted octanol–water partition coefficient (Wildman–Crippen LogP) is 2.68. The number of halogens is 2. The van der Waals surface area contributed by atoms with Gasteiger partial charge in [0.2, 0.25) is 0 Å². The van der Waals surface area contributed by atoms with Crippen molar-refractivity contribution in [1.82, 2.24) is 4.90 Å². The molecular weight excluding hydrogens is 267 g/mol. The Morgan fingerprint density at radius 1 is 1.47 bits per heavy atom. The normalized spacial score (nSPS) is 18.4. The van der Waals surface area contributed by atoms with E-state index in [2.05, 4.69) is 0 Å². The minimum atomic E-state index is -0.433. The molecule has 104 valence electrons. The van der Waals surface area contributed by atoms with Crippen LogP contribution in [0, 0.1) is 11.7 Å². The van der Waals surface area contributed by atoms with Gasteiger partial charge in [0.05, 0.1) is 10.6 Å². The number of carbonyl (C=O) groups excluding carboxylic acids is 1. The molecule has 1 aliphatic rings. The van der Waals surface area contributed by atoms with Crippen LogP contribution in [0.15, 0.2) is 18.2 Å². The molecule has 0 bridgehead atoms. The van der Waals surface area contributed by atoms with Crippen molar-refractivity contribution in [2.45, 2.75) is 25.8 Å². The van der Waals surface area contributed by atoms with E-state index in [9.17, 15) is 9.18 Å². The van der Waals surface area contributed by atoms with Gasteiger partial charge in [0.1, 0.15) is 5.82 Å². The van der Waals surface area contributed by atoms with Crippen LogP contribution >= 0.6 is 11.6 Å². The van der Waals surface area contributed by atoms with E-state index in [1.807, 2.05) is 6.92 Å². The summed E-state index contributed by atoms with van der Waals surface area (Å²) in [7, 11) is 0. The third kappa shape index (κ3) is 3.25. The summed E-state index contributed by atoms with van der Waals surface area (Å²) in [5, 5.41) is 0.166. The van der Waals surface area contributed by atoms with Crippen LogP contribution in [0.2, 0.25) is 5.02 Å². The van der Waals surface area contributed by atoms with Gasteiger partial charge < -0.3 is 10.6 Å². The van der Waals surface area contributed by atoms with Crippen LogP contribution < -0.4 is 5.73 Å². The second kappa shape index (κ2) is 5.88. The summed E-state index contributed by atoms with van der Waals surface area (Å²) >= 11 is 5.92. The monoisotopic (exact) mass is 284 g/mol. The molecule has 1 aromatic rings. The summed E-state index contributed by atoms with van der Waals surface area (Å²) < 4.78 is 13.0. The number of likely N-dealkylation sites (tertiary alicyclic amines) is 1. The van der Waals surface area contributed by atoms with Gasteiger partial charge in [-0.3, -0.25) is 4.79 Å². The Morgan fingerprint density at radius 2 is 2.11 bits per heavy atom. The summed E-state index contributed by atoms with van der Waals surface area (Å²) in [4.78, 5) is 14.1. The van der Waals surface area contributed by atoms with Crippen LogP contribution in [-0.2, 0) is 0 Å². The second-order valence-corrected chi connectivity index (χ2v) is 5.52. The average molecular weight is 285 g/mol. The number of benzene rings is 1. The molecule has 2 rings (SSSR count). The van der Waals surface area contributed by atoms with Gasteiger partial charge >= 0.3 is 0 Å². The van der Waals surface area contributed by atoms with Gasteiger partial charge in [0.25, 0.3) is 5.91 Å². The molecule has 2 N–H and O–H groups in total. The van der Waals surface area contributed by atoms with E-state index in [0.29, 0.717) is 24.6 Å². The summed E-state index contributed by atoms with van der Waals surface area (Å²) in [5.41, 5.74) is 6.24. The molecule has 0 radical (unpaired) electrons. The number of rotatable bonds is 2. The van der Waals surface area contributed by atoms with E-state index in [0.717, 1.165) is 12.8 Å². The van der Waals surface area contributed by atoms with Crippen LogP contribution in [-0.4, -0.2) is 29.9 Å². The standard InChI is InChI=1S/C14H18ClFN2O/c1-9(17)10-4-6-18(7-5-10)14(19)12-3-2-11(16)8-13(12)15/h2-3,8-10H,4-7,17H2,1H3. The first-order valence-corrected chi connectivity index (χ1v) is 6.86. The van der Waals surface area contributed by atoms with Gasteiger partial charge in [-0.2, -0.15) is 0 Å². The van der Waals surface area contributed by atoms with Crippen molar-refractivity contribution in [3.8, 4) is 0 Å². The highest BCUT2D eigenvalue weighted by molar-refractivity contribution is 6.33. The smallest absolute Gasteiger partial charge is 0.255 e. The zero-order valence-corrected chi connectivity index (χ0v) is 11.7. The van der Waals surface area contributed by atoms with Gasteiger partial charge in [0.15, 0.2) is 0 Å². The molecule has 0 aliphatic carbocycles. The van der Waals surface area contributed by atoms with E-state index < -0.39 is 5.82 Å². The summed E-state index contributed by atoms with van der Waals surface area (Å²) in [6, 6.07) is 4.03. The maximum absolute atomic E-state index is 13.0. The predicted molar refractivity (Wildman–Crippen MR) is 73.7 cm³/mol. The van der Waals surface area contributed by atoms with Crippen molar-refractivity contribution in [2.75, 3.05) is 13.1 Å². The number of carbonyl (C=O) groups is 1. The first-order valence-electron chi connectivity index (χ1n) is 6.49. The third-order valence-corrected chi connectivity index (χ3v) is 4.04. The highest BCUT2D eigenvalue weighted by Gasteiger charge is 2.26. The van der Waals surface area contributed by atoms with Gasteiger partial charge in [-0.1, -0.05) is 11.6 Å². The highest BCUT2D eigenvalue weighted by Crippen LogP contribution is 2.24. The molecule has 5 heteroatoms. The number of hydrogen-bond acceptors (Lipinski definition) is 2. The zero-order valence-electron chi connectivity index (χ0n) is 10.9. The van der Waals surface area contributed by atoms with Gasteiger partial charge in [-0.15, -0.1) is 0 Å². The fraction of sp³-hybridized carbons (Fsp3) is 0.500. The quantitative estimate of drug-likeness (QED) is 0.907. The fourth-order valence-corrected chi connectivity index (χ4v) is 2.71. The first kappa shape index (κ1) is 14.3. The number of hydrogen-bond donors (Lipinski definition) is 1. The van der Waals surface area contributed by atoms with E-state index >= 15 is 0 Å². The lowest BCUT2D eigenvalue weighted by atomic mass is 9.90. The van der Waals surface area contributed by atoms with Crippen molar-refractivity contribution in [2.24, 2.45) is 11.7 Å². The minimum Gasteiger partial charge on any atom is -0.339 e. The van der Waals surface area contributed by atoms with Crippen molar-refractivity contribution in [1.29, 1.82) is 0 Å². The van der Waals surface area contributed by atoms with Gasteiger partial charge in [-0.25, -0.2) is 4.39 Å². The molecule has 1 amide bonds. The molecule has 1 aromatic carbocycles. The number of amides is 1. The molecule has 1 atom stereocenters. The highest BCUT2D eigenvalue weighted by atomic mass is 35.5. The van der Waals surface area contributed by atoms with Crippen LogP contribution in [0.25, 0.3) is 0 Å². The second-order valence-electron chi connectivity index (χ2n) is 5.11. The molecule has 1 saturated heterocycles. The molecular formula is C14H18ClFN2O. The molecule has 1 aliphatic heterocycles. The Morgan fingerprint density at radius 3 is 2.63 bits per heavy atom. The van der Waals surface area contributed by atoms with Crippen LogP contribution in [0.5, 0.6) is 0 Å². The molecule has 1 unspecified atom stereocenters. The molecule has 1 heterocycles. The lowest BCUT2D eigenvalue weighted by Crippen LogP contribution is -2.42. The lowest BCUT2D eigenvalue weighted by molar-refractivity contribution is 0.0681. The molecule has 1 fully saturated rings. The van der Waals surface area contributed by atoms with Crippen molar-refractivity contribution in [3.63, 3.8) is 0 Å². The number of nitrogens with two attached hydrogens (primary N) is 1. The largest absolute Gasteiger partial charge is 0.339 e. The number of piperidine rings is 1. The first-order chi connectivity index (χ1) is 8.99. The topological polar surface area (TPSA) is 46.3 Å². The summed E-state index contributed by atoms with van der Waals surface area (Å²) in [6.45, 7) is 3.36. The van der Waals surface area contributed by atoms with E-state index in [1.54, 1.807) is 4.90 Å².